The molecule has 1 aromatic heterocycles. The molecule has 0 unspecified atom stereocenters. The fourth-order valence-electron chi connectivity index (χ4n) is 1.48. The Balaban J connectivity index is 2.19. The molecule has 0 amide bonds. The van der Waals surface area contributed by atoms with Gasteiger partial charge >= 0.3 is 5.97 Å². The Morgan fingerprint density at radius 2 is 2.20 bits per heavy atom. The maximum absolute atomic E-state index is 10.7. The van der Waals surface area contributed by atoms with Crippen molar-refractivity contribution in [3.05, 3.63) is 18.0 Å². The van der Waals surface area contributed by atoms with E-state index in [1.54, 1.807) is 0 Å². The highest BCUT2D eigenvalue weighted by Gasteiger charge is 2.14. The fourth-order valence-corrected chi connectivity index (χ4v) is 1.48. The van der Waals surface area contributed by atoms with Gasteiger partial charge in [0.05, 0.1) is 0 Å². The smallest absolute Gasteiger partial charge is 0.354 e. The van der Waals surface area contributed by atoms with Crippen LogP contribution in [0.3, 0.4) is 0 Å². The molecule has 1 aromatic rings. The van der Waals surface area contributed by atoms with E-state index in [1.807, 2.05) is 4.90 Å². The van der Waals surface area contributed by atoms with Gasteiger partial charge in [0.2, 0.25) is 5.95 Å². The van der Waals surface area contributed by atoms with Gasteiger partial charge in [0, 0.05) is 32.4 Å². The van der Waals surface area contributed by atoms with Crippen molar-refractivity contribution in [3.63, 3.8) is 0 Å². The number of piperazine rings is 1. The van der Waals surface area contributed by atoms with Crippen LogP contribution in [0.2, 0.25) is 0 Å². The van der Waals surface area contributed by atoms with Gasteiger partial charge in [0.25, 0.3) is 0 Å². The summed E-state index contributed by atoms with van der Waals surface area (Å²) >= 11 is 0. The zero-order valence-electron chi connectivity index (χ0n) is 8.18. The molecule has 1 aliphatic heterocycles. The minimum absolute atomic E-state index is 0.0403. The number of hydrogen-bond donors (Lipinski definition) is 2. The number of hydrogen-bond acceptors (Lipinski definition) is 5. The van der Waals surface area contributed by atoms with Gasteiger partial charge in [-0.1, -0.05) is 0 Å². The van der Waals surface area contributed by atoms with Crippen LogP contribution in [0.4, 0.5) is 5.95 Å². The normalized spacial score (nSPS) is 16.4. The van der Waals surface area contributed by atoms with Gasteiger partial charge in [-0.2, -0.15) is 0 Å². The number of nitrogens with one attached hydrogen (secondary N) is 1. The molecule has 0 aromatic carbocycles. The molecule has 0 saturated carbocycles. The second-order valence-corrected chi connectivity index (χ2v) is 3.28. The molecule has 0 aliphatic carbocycles. The molecule has 0 radical (unpaired) electrons. The van der Waals surface area contributed by atoms with Crippen molar-refractivity contribution in [2.45, 2.75) is 0 Å². The lowest BCUT2D eigenvalue weighted by molar-refractivity contribution is 0.0690. The van der Waals surface area contributed by atoms with Gasteiger partial charge in [-0.25, -0.2) is 14.8 Å². The molecule has 80 valence electrons. The Bertz CT molecular complexity index is 363. The summed E-state index contributed by atoms with van der Waals surface area (Å²) in [6.45, 7) is 3.37. The topological polar surface area (TPSA) is 78.3 Å². The average Bonchev–Trinajstić information content (AvgIpc) is 2.30. The largest absolute Gasteiger partial charge is 0.477 e. The minimum atomic E-state index is -1.02. The quantitative estimate of drug-likeness (QED) is 0.687. The summed E-state index contributed by atoms with van der Waals surface area (Å²) in [6, 6.07) is 1.40. The number of carboxylic acids is 1. The predicted octanol–water partition coefficient (Wildman–Crippen LogP) is -0.416. The summed E-state index contributed by atoms with van der Waals surface area (Å²) in [4.78, 5) is 20.7. The predicted molar refractivity (Wildman–Crippen MR) is 54.1 cm³/mol. The lowest BCUT2D eigenvalue weighted by atomic mass is 10.4. The van der Waals surface area contributed by atoms with E-state index < -0.39 is 5.97 Å². The molecule has 0 spiro atoms. The molecule has 0 atom stereocenters. The molecular weight excluding hydrogens is 196 g/mol. The third-order valence-electron chi connectivity index (χ3n) is 2.26. The third kappa shape index (κ3) is 2.21. The van der Waals surface area contributed by atoms with Crippen LogP contribution in [0.5, 0.6) is 0 Å². The van der Waals surface area contributed by atoms with Crippen molar-refractivity contribution >= 4 is 11.9 Å². The monoisotopic (exact) mass is 208 g/mol. The second kappa shape index (κ2) is 4.22. The minimum Gasteiger partial charge on any atom is -0.477 e. The Morgan fingerprint density at radius 3 is 2.87 bits per heavy atom. The van der Waals surface area contributed by atoms with Gasteiger partial charge in [-0.15, -0.1) is 0 Å². The number of aromatic carboxylic acids is 1. The van der Waals surface area contributed by atoms with E-state index >= 15 is 0 Å². The van der Waals surface area contributed by atoms with Crippen LogP contribution in [-0.4, -0.2) is 47.2 Å². The maximum atomic E-state index is 10.7. The van der Waals surface area contributed by atoms with E-state index in [4.69, 9.17) is 5.11 Å². The zero-order valence-corrected chi connectivity index (χ0v) is 8.18. The van der Waals surface area contributed by atoms with Crippen LogP contribution >= 0.6 is 0 Å². The Kier molecular flexibility index (Phi) is 2.77. The van der Waals surface area contributed by atoms with E-state index in [0.717, 1.165) is 26.2 Å². The van der Waals surface area contributed by atoms with Gasteiger partial charge in [-0.05, 0) is 6.07 Å². The van der Waals surface area contributed by atoms with Crippen LogP contribution in [-0.2, 0) is 0 Å². The second-order valence-electron chi connectivity index (χ2n) is 3.28. The van der Waals surface area contributed by atoms with Gasteiger partial charge in [0.1, 0.15) is 0 Å². The van der Waals surface area contributed by atoms with Gasteiger partial charge < -0.3 is 15.3 Å². The van der Waals surface area contributed by atoms with Crippen LogP contribution < -0.4 is 10.2 Å². The summed E-state index contributed by atoms with van der Waals surface area (Å²) in [5, 5.41) is 12.0. The Hall–Kier alpha value is -1.69. The lowest BCUT2D eigenvalue weighted by Gasteiger charge is -2.27. The van der Waals surface area contributed by atoms with Gasteiger partial charge in [0.15, 0.2) is 5.69 Å². The van der Waals surface area contributed by atoms with Crippen molar-refractivity contribution < 1.29 is 9.90 Å². The molecule has 6 heteroatoms. The summed E-state index contributed by atoms with van der Waals surface area (Å²) in [5.41, 5.74) is 0.0403. The summed E-state index contributed by atoms with van der Waals surface area (Å²) in [6.07, 6.45) is 1.48. The number of carbonyl (C=O) groups is 1. The highest BCUT2D eigenvalue weighted by atomic mass is 16.4. The van der Waals surface area contributed by atoms with Crippen LogP contribution in [0.15, 0.2) is 12.3 Å². The number of nitrogens with zero attached hydrogens (tertiary/aromatic N) is 3. The van der Waals surface area contributed by atoms with Crippen LogP contribution in [0.25, 0.3) is 0 Å². The molecule has 15 heavy (non-hydrogen) atoms. The SMILES string of the molecule is O=C(O)c1ccnc(N2CCNCC2)n1. The molecule has 2 rings (SSSR count). The van der Waals surface area contributed by atoms with Crippen LogP contribution in [0.1, 0.15) is 10.5 Å². The highest BCUT2D eigenvalue weighted by molar-refractivity contribution is 5.85. The standard InChI is InChI=1S/C9H12N4O2/c14-8(15)7-1-2-11-9(12-7)13-5-3-10-4-6-13/h1-2,10H,3-6H2,(H,14,15). The van der Waals surface area contributed by atoms with E-state index in [9.17, 15) is 4.79 Å². The first-order valence-corrected chi connectivity index (χ1v) is 4.79. The molecule has 6 nitrogen and oxygen atoms in total. The number of aromatic nitrogens is 2. The molecule has 0 bridgehead atoms. The lowest BCUT2D eigenvalue weighted by Crippen LogP contribution is -2.44. The molecule has 2 heterocycles. The van der Waals surface area contributed by atoms with Crippen molar-refractivity contribution in [1.82, 2.24) is 15.3 Å². The number of carboxylic acid groups (broad SMARTS) is 1. The summed E-state index contributed by atoms with van der Waals surface area (Å²) in [7, 11) is 0. The summed E-state index contributed by atoms with van der Waals surface area (Å²) < 4.78 is 0. The average molecular weight is 208 g/mol. The Morgan fingerprint density at radius 1 is 1.47 bits per heavy atom. The number of rotatable bonds is 2. The third-order valence-corrected chi connectivity index (χ3v) is 2.26. The molecule has 1 saturated heterocycles. The van der Waals surface area contributed by atoms with Gasteiger partial charge in [-0.3, -0.25) is 0 Å². The first-order chi connectivity index (χ1) is 7.27. The van der Waals surface area contributed by atoms with Crippen molar-refractivity contribution in [2.75, 3.05) is 31.1 Å². The summed E-state index contributed by atoms with van der Waals surface area (Å²) in [5.74, 6) is -0.523. The van der Waals surface area contributed by atoms with Crippen molar-refractivity contribution in [2.24, 2.45) is 0 Å². The van der Waals surface area contributed by atoms with E-state index in [-0.39, 0.29) is 5.69 Å². The first kappa shape index (κ1) is 9.85. The molecule has 1 aliphatic rings. The van der Waals surface area contributed by atoms with E-state index in [1.165, 1.54) is 12.3 Å². The first-order valence-electron chi connectivity index (χ1n) is 4.79. The molecule has 2 N–H and O–H groups in total. The zero-order chi connectivity index (χ0) is 10.7. The van der Waals surface area contributed by atoms with Crippen molar-refractivity contribution in [3.8, 4) is 0 Å². The number of anilines is 1. The Labute approximate surface area is 87.0 Å². The van der Waals surface area contributed by atoms with E-state index in [0.29, 0.717) is 5.95 Å². The molecular formula is C9H12N4O2. The van der Waals surface area contributed by atoms with Crippen LogP contribution in [0, 0.1) is 0 Å². The van der Waals surface area contributed by atoms with E-state index in [2.05, 4.69) is 15.3 Å². The van der Waals surface area contributed by atoms with Crippen molar-refractivity contribution in [1.29, 1.82) is 0 Å². The molecule has 1 fully saturated rings. The fraction of sp³-hybridized carbons (Fsp3) is 0.444. The highest BCUT2D eigenvalue weighted by Crippen LogP contribution is 2.08. The maximum Gasteiger partial charge on any atom is 0.354 e.